The Morgan fingerprint density at radius 1 is 0.862 bits per heavy atom. The Morgan fingerprint density at radius 2 is 1.58 bits per heavy atom. The van der Waals surface area contributed by atoms with Crippen LogP contribution in [0.25, 0.3) is 0 Å². The number of Topliss-reactive ketones (excluding diaryl/α,β-unsaturated/α-hetero) is 3. The van der Waals surface area contributed by atoms with Crippen LogP contribution in [0.4, 0.5) is 0 Å². The minimum Gasteiger partial charge on any atom is -0.460 e. The van der Waals surface area contributed by atoms with E-state index in [9.17, 15) is 39.3 Å². The number of rotatable bonds is 6. The average Bonchev–Trinajstić information content (AvgIpc) is 3.28. The summed E-state index contributed by atoms with van der Waals surface area (Å²) in [5.74, 6) is -7.93. The first-order valence-corrected chi connectivity index (χ1v) is 23.9. The quantitative estimate of drug-likeness (QED) is 0.202. The van der Waals surface area contributed by atoms with Crippen LogP contribution in [0, 0.1) is 35.5 Å². The van der Waals surface area contributed by atoms with E-state index in [1.54, 1.807) is 41.1 Å². The summed E-state index contributed by atoms with van der Waals surface area (Å²) in [4.78, 5) is 71.7. The summed E-state index contributed by atoms with van der Waals surface area (Å²) in [6.45, 7) is 12.7. The third-order valence-corrected chi connectivity index (χ3v) is 14.5. The van der Waals surface area contributed by atoms with Gasteiger partial charge in [0.25, 0.3) is 11.7 Å². The molecule has 2 bridgehead atoms. The SMILES string of the molecule is CO[C@H]1C[C@@H]2CC[C@@H](C)[C@@](O)(O2)C(=O)C(=O)N2CCCC[C@H]2C(=O)OC([C@H](C)C[C@@H]2CC[C@@H](O)[C@H](OC)C2)CC(=O)/C(C)=C/C(C)[C@@H](O)[C@@H](OC)C(=O)[C@H](C)C[C@H](C)C=CC=CC=C1C. The molecule has 2 saturated heterocycles. The highest BCUT2D eigenvalue weighted by Crippen LogP contribution is 2.38. The Balaban J connectivity index is 1.70. The maximum absolute atomic E-state index is 14.4. The number of fused-ring (bicyclic) bond motifs is 3. The topological polar surface area (TPSA) is 195 Å². The highest BCUT2D eigenvalue weighted by molar-refractivity contribution is 6.39. The maximum Gasteiger partial charge on any atom is 0.329 e. The Kier molecular flexibility index (Phi) is 21.0. The van der Waals surface area contributed by atoms with Gasteiger partial charge in [0.2, 0.25) is 5.79 Å². The predicted molar refractivity (Wildman–Crippen MR) is 245 cm³/mol. The average molecular weight is 914 g/mol. The summed E-state index contributed by atoms with van der Waals surface area (Å²) < 4.78 is 29.4. The van der Waals surface area contributed by atoms with E-state index >= 15 is 0 Å². The van der Waals surface area contributed by atoms with Crippen LogP contribution < -0.4 is 0 Å². The van der Waals surface area contributed by atoms with E-state index in [1.807, 2.05) is 58.1 Å². The van der Waals surface area contributed by atoms with Crippen LogP contribution in [-0.4, -0.2) is 132 Å². The number of hydrogen-bond donors (Lipinski definition) is 3. The van der Waals surface area contributed by atoms with E-state index in [1.165, 1.54) is 12.0 Å². The largest absolute Gasteiger partial charge is 0.460 e. The molecule has 0 aromatic heterocycles. The minimum absolute atomic E-state index is 0.0220. The lowest BCUT2D eigenvalue weighted by Gasteiger charge is -2.42. The number of ether oxygens (including phenoxy) is 5. The van der Waals surface area contributed by atoms with Crippen LogP contribution in [0.15, 0.2) is 47.6 Å². The summed E-state index contributed by atoms with van der Waals surface area (Å²) in [6, 6.07) is -1.14. The smallest absolute Gasteiger partial charge is 0.329 e. The van der Waals surface area contributed by atoms with Crippen molar-refractivity contribution in [2.24, 2.45) is 35.5 Å². The summed E-state index contributed by atoms with van der Waals surface area (Å²) in [5, 5.41) is 33.9. The normalized spacial score (nSPS) is 38.6. The fraction of sp³-hybridized carbons (Fsp3) is 0.745. The van der Waals surface area contributed by atoms with Gasteiger partial charge in [-0.05, 0) is 107 Å². The van der Waals surface area contributed by atoms with Crippen LogP contribution in [0.1, 0.15) is 126 Å². The van der Waals surface area contributed by atoms with Crippen molar-refractivity contribution in [3.63, 3.8) is 0 Å². The second-order valence-electron chi connectivity index (χ2n) is 19.6. The molecule has 366 valence electrons. The molecule has 3 aliphatic heterocycles. The number of aliphatic hydroxyl groups is 3. The van der Waals surface area contributed by atoms with Crippen molar-refractivity contribution in [3.05, 3.63) is 47.6 Å². The zero-order chi connectivity index (χ0) is 48.2. The molecule has 0 radical (unpaired) electrons. The van der Waals surface area contributed by atoms with Gasteiger partial charge in [-0.15, -0.1) is 0 Å². The molecule has 0 aromatic carbocycles. The van der Waals surface area contributed by atoms with Gasteiger partial charge in [0.05, 0.1) is 30.5 Å². The van der Waals surface area contributed by atoms with E-state index in [0.29, 0.717) is 63.4 Å². The van der Waals surface area contributed by atoms with Crippen LogP contribution in [0.2, 0.25) is 0 Å². The lowest BCUT2D eigenvalue weighted by molar-refractivity contribution is -0.265. The number of carbonyl (C=O) groups is 5. The van der Waals surface area contributed by atoms with Crippen LogP contribution in [0.3, 0.4) is 0 Å². The molecule has 4 aliphatic rings. The Hall–Kier alpha value is -3.37. The summed E-state index contributed by atoms with van der Waals surface area (Å²) in [5.41, 5.74) is 1.19. The van der Waals surface area contributed by atoms with E-state index < -0.39 is 83.9 Å². The first kappa shape index (κ1) is 54.2. The molecule has 1 aliphatic carbocycles. The van der Waals surface area contributed by atoms with Gasteiger partial charge in [0, 0.05) is 58.5 Å². The summed E-state index contributed by atoms with van der Waals surface area (Å²) in [6.07, 6.45) is 11.2. The second kappa shape index (κ2) is 25.1. The number of esters is 1. The summed E-state index contributed by atoms with van der Waals surface area (Å²) in [7, 11) is 4.53. The third-order valence-electron chi connectivity index (χ3n) is 14.5. The lowest BCUT2D eigenvalue weighted by Crippen LogP contribution is -2.61. The first-order chi connectivity index (χ1) is 30.7. The van der Waals surface area contributed by atoms with Crippen molar-refractivity contribution in [2.75, 3.05) is 27.9 Å². The number of nitrogens with zero attached hydrogens (tertiary/aromatic N) is 1. The minimum atomic E-state index is -2.43. The number of hydrogen-bond acceptors (Lipinski definition) is 13. The fourth-order valence-corrected chi connectivity index (χ4v) is 10.1. The fourth-order valence-electron chi connectivity index (χ4n) is 10.1. The zero-order valence-corrected chi connectivity index (χ0v) is 40.6. The molecule has 1 amide bonds. The number of allylic oxidation sites excluding steroid dienone is 6. The van der Waals surface area contributed by atoms with Crippen molar-refractivity contribution < 1.29 is 63.0 Å². The van der Waals surface area contributed by atoms with Gasteiger partial charge in [0.1, 0.15) is 18.2 Å². The number of ketones is 3. The van der Waals surface area contributed by atoms with Gasteiger partial charge in [-0.2, -0.15) is 0 Å². The highest BCUT2D eigenvalue weighted by Gasteiger charge is 2.53. The first-order valence-electron chi connectivity index (χ1n) is 23.9. The number of cyclic esters (lactones) is 1. The number of aliphatic hydroxyl groups excluding tert-OH is 2. The zero-order valence-electron chi connectivity index (χ0n) is 40.6. The van der Waals surface area contributed by atoms with Gasteiger partial charge < -0.3 is 43.9 Å². The Labute approximate surface area is 387 Å². The molecule has 3 heterocycles. The lowest BCUT2D eigenvalue weighted by atomic mass is 9.78. The molecule has 14 nitrogen and oxygen atoms in total. The van der Waals surface area contributed by atoms with Crippen molar-refractivity contribution in [2.45, 2.75) is 180 Å². The molecule has 2 unspecified atom stereocenters. The van der Waals surface area contributed by atoms with Gasteiger partial charge in [-0.1, -0.05) is 71.1 Å². The van der Waals surface area contributed by atoms with Crippen molar-refractivity contribution in [3.8, 4) is 0 Å². The van der Waals surface area contributed by atoms with E-state index in [0.717, 1.165) is 12.0 Å². The third kappa shape index (κ3) is 14.3. The molecule has 14 heteroatoms. The van der Waals surface area contributed by atoms with Crippen LogP contribution in [0.5, 0.6) is 0 Å². The summed E-state index contributed by atoms with van der Waals surface area (Å²) >= 11 is 0. The van der Waals surface area contributed by atoms with Crippen molar-refractivity contribution >= 4 is 29.2 Å². The maximum atomic E-state index is 14.4. The monoisotopic (exact) mass is 914 g/mol. The molecular weight excluding hydrogens is 835 g/mol. The van der Waals surface area contributed by atoms with E-state index in [-0.39, 0.29) is 54.8 Å². The van der Waals surface area contributed by atoms with Gasteiger partial charge in [-0.3, -0.25) is 19.2 Å². The van der Waals surface area contributed by atoms with Crippen LogP contribution in [-0.2, 0) is 47.7 Å². The van der Waals surface area contributed by atoms with Gasteiger partial charge >= 0.3 is 5.97 Å². The predicted octanol–water partition coefficient (Wildman–Crippen LogP) is 6.18. The van der Waals surface area contributed by atoms with E-state index in [4.69, 9.17) is 23.7 Å². The number of methoxy groups -OCH3 is 3. The van der Waals surface area contributed by atoms with E-state index in [2.05, 4.69) is 0 Å². The molecular formula is C51H79NO13. The van der Waals surface area contributed by atoms with Gasteiger partial charge in [0.15, 0.2) is 11.6 Å². The Morgan fingerprint density at radius 3 is 2.26 bits per heavy atom. The molecule has 15 atom stereocenters. The van der Waals surface area contributed by atoms with Gasteiger partial charge in [-0.25, -0.2) is 4.79 Å². The molecule has 65 heavy (non-hydrogen) atoms. The molecule has 1 saturated carbocycles. The van der Waals surface area contributed by atoms with Crippen LogP contribution >= 0.6 is 0 Å². The number of carbonyl (C=O) groups excluding carboxylic acids is 5. The number of amides is 1. The standard InChI is InChI=1S/C51H79NO13/c1-30-16-12-11-13-17-31(2)42(61-8)28-38-21-19-36(7)51(60,65-38)48(57)49(58)52-23-15-14-18-39(52)50(59)64-43(33(4)26-37-20-22-40(53)44(27-37)62-9)29-41(54)32(3)25-35(6)46(56)47(63-10)45(55)34(5)24-30/h11-13,16-17,25,30,33-40,42-44,46-47,53,56,60H,14-15,18-24,26-29H2,1-10H3/b13-11?,16-12?,31-17?,32-25+/t30-,33-,34-,35?,36-,37+,38+,39+,40-,42+,43?,44-,46-,47+,51-/m1/s1. The molecule has 3 fully saturated rings. The molecule has 0 aromatic rings. The highest BCUT2D eigenvalue weighted by atomic mass is 16.6. The van der Waals surface area contributed by atoms with Crippen molar-refractivity contribution in [1.82, 2.24) is 4.90 Å². The Bertz CT molecular complexity index is 1760. The molecule has 0 spiro atoms. The second-order valence-corrected chi connectivity index (χ2v) is 19.6. The van der Waals surface area contributed by atoms with Crippen molar-refractivity contribution in [1.29, 1.82) is 0 Å². The number of piperidine rings is 1. The molecule has 3 N–H and O–H groups in total. The molecule has 4 rings (SSSR count).